The Bertz CT molecular complexity index is 1170. The number of pyridine rings is 1. The van der Waals surface area contributed by atoms with E-state index in [9.17, 15) is 9.18 Å². The van der Waals surface area contributed by atoms with Crippen molar-refractivity contribution >= 4 is 17.3 Å². The molecule has 1 unspecified atom stereocenters. The summed E-state index contributed by atoms with van der Waals surface area (Å²) in [5, 5.41) is 11.4. The van der Waals surface area contributed by atoms with Crippen LogP contribution in [0.25, 0.3) is 11.3 Å². The van der Waals surface area contributed by atoms with Gasteiger partial charge in [0.25, 0.3) is 5.56 Å². The van der Waals surface area contributed by atoms with E-state index in [1.807, 2.05) is 18.2 Å². The lowest BCUT2D eigenvalue weighted by Gasteiger charge is -2.40. The largest absolute Gasteiger partial charge is 0.369 e. The van der Waals surface area contributed by atoms with Crippen molar-refractivity contribution in [1.82, 2.24) is 19.4 Å². The second kappa shape index (κ2) is 9.91. The molecule has 0 spiro atoms. The number of anilines is 2. The molecule has 8 nitrogen and oxygen atoms in total. The maximum absolute atomic E-state index is 13.6. The van der Waals surface area contributed by atoms with Gasteiger partial charge in [0, 0.05) is 75.1 Å². The number of nitrogens with one attached hydrogen (secondary N) is 2. The standard InChI is InChI=1S/C24H28FN7O/c1-17(26)14-22(28-20-5-3-4-19(25)15-20)31-10-12-32(13-11-31)24-29-21(16-23(33)30(24)2)18-6-8-27-9-7-18/h3-9,15-16,22,26,28H,10-14H2,1-2H3. The minimum absolute atomic E-state index is 0.112. The molecule has 1 fully saturated rings. The molecule has 0 amide bonds. The zero-order valence-electron chi connectivity index (χ0n) is 18.8. The lowest BCUT2D eigenvalue weighted by atomic mass is 10.1. The Hall–Kier alpha value is -3.59. The molecule has 4 rings (SSSR count). The molecule has 0 radical (unpaired) electrons. The number of hydrogen-bond donors (Lipinski definition) is 2. The summed E-state index contributed by atoms with van der Waals surface area (Å²) >= 11 is 0. The van der Waals surface area contributed by atoms with Crippen LogP contribution in [0.3, 0.4) is 0 Å². The van der Waals surface area contributed by atoms with Gasteiger partial charge >= 0.3 is 0 Å². The third kappa shape index (κ3) is 5.43. The summed E-state index contributed by atoms with van der Waals surface area (Å²) in [6.45, 7) is 4.57. The normalized spacial score (nSPS) is 15.3. The fourth-order valence-electron chi connectivity index (χ4n) is 4.05. The molecule has 9 heteroatoms. The van der Waals surface area contributed by atoms with E-state index in [-0.39, 0.29) is 17.5 Å². The first-order chi connectivity index (χ1) is 15.9. The van der Waals surface area contributed by atoms with E-state index in [0.717, 1.165) is 18.7 Å². The first-order valence-corrected chi connectivity index (χ1v) is 10.9. The van der Waals surface area contributed by atoms with Gasteiger partial charge in [-0.2, -0.15) is 0 Å². The summed E-state index contributed by atoms with van der Waals surface area (Å²) in [6.07, 6.45) is 3.78. The molecule has 1 saturated heterocycles. The fourth-order valence-corrected chi connectivity index (χ4v) is 4.05. The second-order valence-corrected chi connectivity index (χ2v) is 8.25. The third-order valence-electron chi connectivity index (χ3n) is 5.78. The summed E-state index contributed by atoms with van der Waals surface area (Å²) in [5.74, 6) is 0.336. The topological polar surface area (TPSA) is 90.1 Å². The van der Waals surface area contributed by atoms with Gasteiger partial charge in [-0.25, -0.2) is 9.37 Å². The Morgan fingerprint density at radius 1 is 1.15 bits per heavy atom. The van der Waals surface area contributed by atoms with Crippen molar-refractivity contribution in [2.24, 2.45) is 7.05 Å². The van der Waals surface area contributed by atoms with Crippen molar-refractivity contribution < 1.29 is 4.39 Å². The maximum atomic E-state index is 13.6. The highest BCUT2D eigenvalue weighted by Crippen LogP contribution is 2.21. The summed E-state index contributed by atoms with van der Waals surface area (Å²) in [4.78, 5) is 25.8. The van der Waals surface area contributed by atoms with Gasteiger partial charge in [0.2, 0.25) is 5.95 Å². The monoisotopic (exact) mass is 449 g/mol. The molecule has 172 valence electrons. The van der Waals surface area contributed by atoms with Gasteiger partial charge in [-0.1, -0.05) is 6.07 Å². The molecule has 0 aliphatic carbocycles. The first-order valence-electron chi connectivity index (χ1n) is 10.9. The summed E-state index contributed by atoms with van der Waals surface area (Å²) < 4.78 is 15.2. The molecule has 0 bridgehead atoms. The van der Waals surface area contributed by atoms with Crippen LogP contribution in [0.2, 0.25) is 0 Å². The molecular formula is C24H28FN7O. The van der Waals surface area contributed by atoms with Gasteiger partial charge in [-0.05, 0) is 37.3 Å². The van der Waals surface area contributed by atoms with E-state index in [4.69, 9.17) is 10.4 Å². The van der Waals surface area contributed by atoms with Crippen LogP contribution in [-0.4, -0.2) is 57.5 Å². The number of rotatable bonds is 7. The van der Waals surface area contributed by atoms with Crippen molar-refractivity contribution in [1.29, 1.82) is 5.41 Å². The molecule has 1 aliphatic rings. The van der Waals surface area contributed by atoms with Crippen molar-refractivity contribution in [2.75, 3.05) is 36.4 Å². The smallest absolute Gasteiger partial charge is 0.255 e. The molecule has 1 aromatic carbocycles. The van der Waals surface area contributed by atoms with E-state index in [1.165, 1.54) is 12.1 Å². The lowest BCUT2D eigenvalue weighted by molar-refractivity contribution is 0.205. The van der Waals surface area contributed by atoms with Gasteiger partial charge in [0.1, 0.15) is 5.82 Å². The van der Waals surface area contributed by atoms with E-state index in [1.54, 1.807) is 43.1 Å². The molecule has 3 aromatic rings. The van der Waals surface area contributed by atoms with Crippen LogP contribution >= 0.6 is 0 Å². The SMILES string of the molecule is CC(=N)CC(Nc1cccc(F)c1)N1CCN(c2nc(-c3ccncc3)cc(=O)n2C)CC1. The number of halogens is 1. The van der Waals surface area contributed by atoms with Crippen molar-refractivity contribution in [3.63, 3.8) is 0 Å². The number of benzene rings is 1. The second-order valence-electron chi connectivity index (χ2n) is 8.25. The quantitative estimate of drug-likeness (QED) is 0.539. The lowest BCUT2D eigenvalue weighted by Crippen LogP contribution is -2.54. The van der Waals surface area contributed by atoms with Gasteiger partial charge in [0.05, 0.1) is 11.9 Å². The zero-order valence-corrected chi connectivity index (χ0v) is 18.8. The number of piperazine rings is 1. The number of aromatic nitrogens is 3. The van der Waals surface area contributed by atoms with Crippen LogP contribution in [0.15, 0.2) is 59.7 Å². The molecule has 33 heavy (non-hydrogen) atoms. The van der Waals surface area contributed by atoms with Crippen LogP contribution in [-0.2, 0) is 7.05 Å². The summed E-state index contributed by atoms with van der Waals surface area (Å²) in [5.41, 5.74) is 2.61. The van der Waals surface area contributed by atoms with Crippen LogP contribution in [0, 0.1) is 11.2 Å². The Morgan fingerprint density at radius 2 is 1.88 bits per heavy atom. The molecule has 2 N–H and O–H groups in total. The van der Waals surface area contributed by atoms with Crippen LogP contribution in [0.1, 0.15) is 13.3 Å². The molecule has 0 saturated carbocycles. The predicted molar refractivity (Wildman–Crippen MR) is 128 cm³/mol. The van der Waals surface area contributed by atoms with Gasteiger partial charge in [-0.3, -0.25) is 19.2 Å². The molecule has 1 atom stereocenters. The Balaban J connectivity index is 1.51. The highest BCUT2D eigenvalue weighted by Gasteiger charge is 2.26. The molecule has 2 aromatic heterocycles. The highest BCUT2D eigenvalue weighted by atomic mass is 19.1. The fraction of sp³-hybridized carbons (Fsp3) is 0.333. The summed E-state index contributed by atoms with van der Waals surface area (Å²) in [6, 6.07) is 11.6. The highest BCUT2D eigenvalue weighted by molar-refractivity contribution is 5.79. The average molecular weight is 450 g/mol. The van der Waals surface area contributed by atoms with Crippen molar-refractivity contribution in [2.45, 2.75) is 19.5 Å². The molecule has 3 heterocycles. The molecule has 1 aliphatic heterocycles. The van der Waals surface area contributed by atoms with Crippen LogP contribution in [0.4, 0.5) is 16.0 Å². The van der Waals surface area contributed by atoms with Crippen LogP contribution in [0.5, 0.6) is 0 Å². The Morgan fingerprint density at radius 3 is 2.55 bits per heavy atom. The first kappa shape index (κ1) is 22.6. The maximum Gasteiger partial charge on any atom is 0.255 e. The van der Waals surface area contributed by atoms with Gasteiger partial charge in [0.15, 0.2) is 0 Å². The number of hydrogen-bond acceptors (Lipinski definition) is 7. The summed E-state index contributed by atoms with van der Waals surface area (Å²) in [7, 11) is 1.74. The van der Waals surface area contributed by atoms with E-state index in [2.05, 4.69) is 20.1 Å². The van der Waals surface area contributed by atoms with E-state index < -0.39 is 0 Å². The molecular weight excluding hydrogens is 421 g/mol. The Labute approximate surface area is 192 Å². The minimum atomic E-state index is -0.295. The minimum Gasteiger partial charge on any atom is -0.369 e. The third-order valence-corrected chi connectivity index (χ3v) is 5.78. The van der Waals surface area contributed by atoms with E-state index in [0.29, 0.717) is 42.6 Å². The predicted octanol–water partition coefficient (Wildman–Crippen LogP) is 2.97. The number of nitrogens with zero attached hydrogens (tertiary/aromatic N) is 5. The zero-order chi connectivity index (χ0) is 23.4. The Kier molecular flexibility index (Phi) is 6.79. The van der Waals surface area contributed by atoms with Gasteiger partial charge in [-0.15, -0.1) is 0 Å². The van der Waals surface area contributed by atoms with Crippen LogP contribution < -0.4 is 15.8 Å². The van der Waals surface area contributed by atoms with E-state index >= 15 is 0 Å². The van der Waals surface area contributed by atoms with Crippen molar-refractivity contribution in [3.8, 4) is 11.3 Å². The van der Waals surface area contributed by atoms with Crippen molar-refractivity contribution in [3.05, 3.63) is 71.0 Å². The average Bonchev–Trinajstić information content (AvgIpc) is 2.81. The van der Waals surface area contributed by atoms with Gasteiger partial charge < -0.3 is 15.6 Å².